The number of nitrogens with one attached hydrogen (secondary N) is 1. The normalized spacial score (nSPS) is 13.3. The van der Waals surface area contributed by atoms with Crippen LogP contribution in [0.3, 0.4) is 0 Å². The second-order valence-corrected chi connectivity index (χ2v) is 8.23. The maximum Gasteiger partial charge on any atom is 0.275 e. The van der Waals surface area contributed by atoms with E-state index < -0.39 is 15.9 Å². The summed E-state index contributed by atoms with van der Waals surface area (Å²) in [5, 5.41) is 0. The van der Waals surface area contributed by atoms with E-state index in [0.717, 1.165) is 17.8 Å². The van der Waals surface area contributed by atoms with Crippen LogP contribution in [-0.2, 0) is 14.8 Å². The molecule has 0 bridgehead atoms. The van der Waals surface area contributed by atoms with Gasteiger partial charge in [0.2, 0.25) is 5.91 Å². The molecule has 1 heterocycles. The van der Waals surface area contributed by atoms with Crippen molar-refractivity contribution in [2.45, 2.75) is 42.2 Å². The number of hydrogen-bond acceptors (Lipinski definition) is 6. The van der Waals surface area contributed by atoms with E-state index in [9.17, 15) is 13.2 Å². The Bertz CT molecular complexity index is 552. The van der Waals surface area contributed by atoms with Crippen molar-refractivity contribution in [2.75, 3.05) is 6.26 Å². The number of amides is 1. The highest BCUT2D eigenvalue weighted by Crippen LogP contribution is 2.28. The summed E-state index contributed by atoms with van der Waals surface area (Å²) in [6.07, 6.45) is 2.88. The number of carbonyl (C=O) groups excluding carboxylic acids is 1. The molecule has 1 rings (SSSR count). The molecular weight excluding hydrogens is 304 g/mol. The standard InChI is InChI=1S/C11H18N2O3S3/c1-5-7(2)6-9(14)13-19(15,16)10-8(3)12-11(17-4)18-10/h7H,5-6H2,1-4H3,(H,13,14)/t7-/m1/s1. The van der Waals surface area contributed by atoms with Gasteiger partial charge in [0.1, 0.15) is 0 Å². The molecule has 0 unspecified atom stereocenters. The zero-order valence-electron chi connectivity index (χ0n) is 11.4. The zero-order valence-corrected chi connectivity index (χ0v) is 13.8. The van der Waals surface area contributed by atoms with Gasteiger partial charge < -0.3 is 0 Å². The predicted octanol–water partition coefficient (Wildman–Crippen LogP) is 2.41. The number of rotatable bonds is 6. The third-order valence-corrected chi connectivity index (χ3v) is 6.76. The fourth-order valence-electron chi connectivity index (χ4n) is 1.39. The fraction of sp³-hybridized carbons (Fsp3) is 0.636. The molecule has 5 nitrogen and oxygen atoms in total. The molecule has 1 aromatic heterocycles. The first-order chi connectivity index (χ1) is 8.80. The van der Waals surface area contributed by atoms with Gasteiger partial charge in [0, 0.05) is 6.42 Å². The second-order valence-electron chi connectivity index (χ2n) is 4.30. The molecule has 0 saturated heterocycles. The summed E-state index contributed by atoms with van der Waals surface area (Å²) < 4.78 is 27.1. The summed E-state index contributed by atoms with van der Waals surface area (Å²) in [5.74, 6) is -0.299. The van der Waals surface area contributed by atoms with Gasteiger partial charge in [-0.25, -0.2) is 18.1 Å². The van der Waals surface area contributed by atoms with Crippen LogP contribution in [0, 0.1) is 12.8 Å². The van der Waals surface area contributed by atoms with E-state index in [1.165, 1.54) is 11.8 Å². The smallest absolute Gasteiger partial charge is 0.274 e. The quantitative estimate of drug-likeness (QED) is 0.814. The van der Waals surface area contributed by atoms with Crippen molar-refractivity contribution in [2.24, 2.45) is 5.92 Å². The topological polar surface area (TPSA) is 76.1 Å². The minimum absolute atomic E-state index is 0.120. The Balaban J connectivity index is 2.86. The van der Waals surface area contributed by atoms with E-state index in [0.29, 0.717) is 10.0 Å². The molecule has 1 atom stereocenters. The minimum Gasteiger partial charge on any atom is -0.274 e. The molecule has 1 N–H and O–H groups in total. The Morgan fingerprint density at radius 1 is 1.53 bits per heavy atom. The molecule has 8 heteroatoms. The molecule has 108 valence electrons. The number of hydrogen-bond donors (Lipinski definition) is 1. The fourth-order valence-corrected chi connectivity index (χ4v) is 4.61. The monoisotopic (exact) mass is 322 g/mol. The first-order valence-electron chi connectivity index (χ1n) is 5.87. The van der Waals surface area contributed by atoms with Crippen molar-refractivity contribution in [3.8, 4) is 0 Å². The number of aromatic nitrogens is 1. The van der Waals surface area contributed by atoms with Crippen LogP contribution in [0.1, 0.15) is 32.4 Å². The summed E-state index contributed by atoms with van der Waals surface area (Å²) in [6.45, 7) is 5.50. The van der Waals surface area contributed by atoms with Crippen LogP contribution in [0.15, 0.2) is 8.55 Å². The Hall–Kier alpha value is -0.600. The summed E-state index contributed by atoms with van der Waals surface area (Å²) in [4.78, 5) is 15.8. The Labute approximate surface area is 122 Å². The number of aryl methyl sites for hydroxylation is 1. The maximum atomic E-state index is 12.1. The molecule has 0 aliphatic rings. The molecule has 0 aliphatic carbocycles. The van der Waals surface area contributed by atoms with Gasteiger partial charge in [-0.05, 0) is 19.1 Å². The molecule has 0 spiro atoms. The minimum atomic E-state index is -3.79. The number of nitrogens with zero attached hydrogens (tertiary/aromatic N) is 1. The molecule has 1 aromatic rings. The second kappa shape index (κ2) is 6.71. The van der Waals surface area contributed by atoms with Gasteiger partial charge in [-0.2, -0.15) is 0 Å². The van der Waals surface area contributed by atoms with Crippen LogP contribution in [0.4, 0.5) is 0 Å². The van der Waals surface area contributed by atoms with Crippen LogP contribution in [0.5, 0.6) is 0 Å². The zero-order chi connectivity index (χ0) is 14.6. The predicted molar refractivity (Wildman–Crippen MR) is 78.0 cm³/mol. The highest BCUT2D eigenvalue weighted by Gasteiger charge is 2.24. The molecule has 0 fully saturated rings. The van der Waals surface area contributed by atoms with E-state index in [1.807, 2.05) is 20.1 Å². The van der Waals surface area contributed by atoms with Gasteiger partial charge in [0.05, 0.1) is 5.69 Å². The first-order valence-corrected chi connectivity index (χ1v) is 9.39. The van der Waals surface area contributed by atoms with Crippen molar-refractivity contribution in [1.82, 2.24) is 9.71 Å². The van der Waals surface area contributed by atoms with Crippen molar-refractivity contribution >= 4 is 39.0 Å². The lowest BCUT2D eigenvalue weighted by Crippen LogP contribution is -2.31. The van der Waals surface area contributed by atoms with E-state index in [2.05, 4.69) is 9.71 Å². The van der Waals surface area contributed by atoms with Crippen LogP contribution >= 0.6 is 23.1 Å². The highest BCUT2D eigenvalue weighted by atomic mass is 32.3. The van der Waals surface area contributed by atoms with E-state index in [4.69, 9.17) is 0 Å². The SMILES string of the molecule is CC[C@@H](C)CC(=O)NS(=O)(=O)c1sc(SC)nc1C. The molecule has 0 aromatic carbocycles. The van der Waals surface area contributed by atoms with Crippen molar-refractivity contribution < 1.29 is 13.2 Å². The summed E-state index contributed by atoms with van der Waals surface area (Å²) in [5.41, 5.74) is 0.429. The Kier molecular flexibility index (Phi) is 5.82. The lowest BCUT2D eigenvalue weighted by Gasteiger charge is -2.09. The number of thioether (sulfide) groups is 1. The van der Waals surface area contributed by atoms with Crippen molar-refractivity contribution in [3.63, 3.8) is 0 Å². The lowest BCUT2D eigenvalue weighted by molar-refractivity contribution is -0.120. The Morgan fingerprint density at radius 2 is 2.16 bits per heavy atom. The molecular formula is C11H18N2O3S3. The molecule has 0 saturated carbocycles. The summed E-state index contributed by atoms with van der Waals surface area (Å²) in [7, 11) is -3.79. The molecule has 0 radical (unpaired) electrons. The summed E-state index contributed by atoms with van der Waals surface area (Å²) in [6, 6.07) is 0. The van der Waals surface area contributed by atoms with Gasteiger partial charge in [-0.3, -0.25) is 4.79 Å². The molecule has 19 heavy (non-hydrogen) atoms. The maximum absolute atomic E-state index is 12.1. The number of carbonyl (C=O) groups is 1. The van der Waals surface area contributed by atoms with Gasteiger partial charge >= 0.3 is 0 Å². The van der Waals surface area contributed by atoms with E-state index in [-0.39, 0.29) is 16.5 Å². The van der Waals surface area contributed by atoms with Gasteiger partial charge in [-0.15, -0.1) is 0 Å². The average Bonchev–Trinajstić information content (AvgIpc) is 2.70. The summed E-state index contributed by atoms with van der Waals surface area (Å²) >= 11 is 2.47. The molecule has 0 aliphatic heterocycles. The van der Waals surface area contributed by atoms with Crippen LogP contribution in [0.25, 0.3) is 0 Å². The number of thiazole rings is 1. The van der Waals surface area contributed by atoms with Crippen molar-refractivity contribution in [3.05, 3.63) is 5.69 Å². The van der Waals surface area contributed by atoms with E-state index >= 15 is 0 Å². The van der Waals surface area contributed by atoms with Crippen LogP contribution in [0.2, 0.25) is 0 Å². The Morgan fingerprint density at radius 3 is 2.63 bits per heavy atom. The average molecular weight is 322 g/mol. The lowest BCUT2D eigenvalue weighted by atomic mass is 10.1. The van der Waals surface area contributed by atoms with Crippen LogP contribution in [-0.4, -0.2) is 25.6 Å². The number of sulfonamides is 1. The highest BCUT2D eigenvalue weighted by molar-refractivity contribution is 8.00. The van der Waals surface area contributed by atoms with Gasteiger partial charge in [-0.1, -0.05) is 43.4 Å². The van der Waals surface area contributed by atoms with Gasteiger partial charge in [0.15, 0.2) is 8.55 Å². The first kappa shape index (κ1) is 16.5. The van der Waals surface area contributed by atoms with Crippen molar-refractivity contribution in [1.29, 1.82) is 0 Å². The third-order valence-electron chi connectivity index (χ3n) is 2.63. The largest absolute Gasteiger partial charge is 0.275 e. The third kappa shape index (κ3) is 4.47. The molecule has 1 amide bonds. The van der Waals surface area contributed by atoms with E-state index in [1.54, 1.807) is 6.92 Å². The van der Waals surface area contributed by atoms with Gasteiger partial charge in [0.25, 0.3) is 10.0 Å². The van der Waals surface area contributed by atoms with Crippen LogP contribution < -0.4 is 4.72 Å².